The quantitative estimate of drug-likeness (QED) is 0.460. The van der Waals surface area contributed by atoms with Gasteiger partial charge in [-0.2, -0.15) is 0 Å². The van der Waals surface area contributed by atoms with Crippen molar-refractivity contribution in [3.8, 4) is 0 Å². The van der Waals surface area contributed by atoms with E-state index in [0.29, 0.717) is 32.2 Å². The van der Waals surface area contributed by atoms with Gasteiger partial charge in [-0.05, 0) is 50.5 Å². The number of ketones is 3. The van der Waals surface area contributed by atoms with E-state index in [1.165, 1.54) is 0 Å². The van der Waals surface area contributed by atoms with Crippen molar-refractivity contribution in [3.63, 3.8) is 0 Å². The molecule has 0 amide bonds. The van der Waals surface area contributed by atoms with Crippen molar-refractivity contribution in [2.45, 2.75) is 83.5 Å². The van der Waals surface area contributed by atoms with Gasteiger partial charge in [0.05, 0.1) is 37.3 Å². The predicted octanol–water partition coefficient (Wildman–Crippen LogP) is 1.80. The Morgan fingerprint density at radius 1 is 1.10 bits per heavy atom. The molecule has 4 bridgehead atoms. The minimum atomic E-state index is -1.43. The summed E-state index contributed by atoms with van der Waals surface area (Å²) in [5.74, 6) is -2.98. The van der Waals surface area contributed by atoms with Gasteiger partial charge in [-0.3, -0.25) is 19.2 Å². The van der Waals surface area contributed by atoms with Crippen molar-refractivity contribution in [2.24, 2.45) is 45.8 Å². The van der Waals surface area contributed by atoms with E-state index in [-0.39, 0.29) is 54.8 Å². The molecule has 12 unspecified atom stereocenters. The number of allylic oxidation sites excluding steroid dienone is 2. The Kier molecular flexibility index (Phi) is 4.51. The molecule has 8 aliphatic rings. The molecule has 8 rings (SSSR count). The average molecular weight is 540 g/mol. The number of nitrogens with zero attached hydrogens (tertiary/aromatic N) is 1. The van der Waals surface area contributed by atoms with Gasteiger partial charge in [0.15, 0.2) is 17.3 Å². The number of fused-ring (bicyclic) bond motifs is 4. The molecule has 4 spiro atoms. The van der Waals surface area contributed by atoms with Gasteiger partial charge < -0.3 is 19.3 Å². The van der Waals surface area contributed by atoms with Crippen LogP contribution in [-0.2, 0) is 33.4 Å². The van der Waals surface area contributed by atoms with Crippen molar-refractivity contribution in [1.82, 2.24) is 4.90 Å². The maximum atomic E-state index is 15.4. The van der Waals surface area contributed by atoms with Crippen molar-refractivity contribution < 1.29 is 38.5 Å². The molecule has 12 atom stereocenters. The van der Waals surface area contributed by atoms with Crippen LogP contribution in [-0.4, -0.2) is 76.7 Å². The van der Waals surface area contributed by atoms with Crippen LogP contribution in [0.25, 0.3) is 0 Å². The van der Waals surface area contributed by atoms with E-state index >= 15 is 4.79 Å². The number of esters is 1. The monoisotopic (exact) mass is 539 g/mol. The molecule has 5 heterocycles. The number of aliphatic hydroxyl groups is 1. The highest BCUT2D eigenvalue weighted by atomic mass is 16.6. The molecule has 7 fully saturated rings. The molecule has 9 heteroatoms. The van der Waals surface area contributed by atoms with E-state index in [2.05, 4.69) is 4.90 Å². The number of piperidine rings is 1. The Bertz CT molecular complexity index is 1290. The highest BCUT2D eigenvalue weighted by molar-refractivity contribution is 6.08. The second kappa shape index (κ2) is 7.09. The zero-order chi connectivity index (χ0) is 27.5. The van der Waals surface area contributed by atoms with Crippen LogP contribution in [0.1, 0.15) is 59.8 Å². The van der Waals surface area contributed by atoms with E-state index in [1.807, 2.05) is 27.7 Å². The number of carbonyl (C=O) groups excluding carboxylic acids is 4. The van der Waals surface area contributed by atoms with Crippen molar-refractivity contribution in [1.29, 1.82) is 0 Å². The first kappa shape index (κ1) is 24.8. The Hall–Kier alpha value is -1.94. The molecule has 2 saturated carbocycles. The Labute approximate surface area is 227 Å². The van der Waals surface area contributed by atoms with Crippen molar-refractivity contribution >= 4 is 23.3 Å². The lowest BCUT2D eigenvalue weighted by Gasteiger charge is -2.70. The molecule has 5 saturated heterocycles. The summed E-state index contributed by atoms with van der Waals surface area (Å²) in [4.78, 5) is 58.5. The summed E-state index contributed by atoms with van der Waals surface area (Å²) in [5.41, 5.74) is -4.36. The summed E-state index contributed by atoms with van der Waals surface area (Å²) in [5, 5.41) is 11.0. The van der Waals surface area contributed by atoms with Crippen LogP contribution in [0.5, 0.6) is 0 Å². The zero-order valence-corrected chi connectivity index (χ0v) is 23.0. The highest BCUT2D eigenvalue weighted by Crippen LogP contribution is 2.78. The Morgan fingerprint density at radius 2 is 1.87 bits per heavy atom. The number of aliphatic hydroxyl groups excluding tert-OH is 1. The number of rotatable bonds is 0. The predicted molar refractivity (Wildman–Crippen MR) is 134 cm³/mol. The van der Waals surface area contributed by atoms with Gasteiger partial charge >= 0.3 is 5.97 Å². The lowest BCUT2D eigenvalue weighted by atomic mass is 9.34. The van der Waals surface area contributed by atoms with Gasteiger partial charge in [-0.25, -0.2) is 4.90 Å². The SMILES string of the molecule is CC1=CC(=O)C2C(C)C(=O)C3C4(COC5(C4=O)N4CC6OC4(CCC5(C)C34COC(=O)C4)CC(C)C6O)C2C1. The van der Waals surface area contributed by atoms with Gasteiger partial charge in [0.1, 0.15) is 11.5 Å². The number of hydrogen-bond acceptors (Lipinski definition) is 9. The molecule has 0 aromatic rings. The normalized spacial score (nSPS) is 57.6. The number of Topliss-reactive ketones (excluding diaryl/α,β-unsaturated/α-hetero) is 2. The molecule has 0 aromatic carbocycles. The fourth-order valence-electron chi connectivity index (χ4n) is 11.3. The largest absolute Gasteiger partial charge is 0.465 e. The number of ether oxygens (including phenoxy) is 3. The van der Waals surface area contributed by atoms with Crippen molar-refractivity contribution in [3.05, 3.63) is 11.6 Å². The van der Waals surface area contributed by atoms with Crippen LogP contribution in [0.4, 0.5) is 0 Å². The van der Waals surface area contributed by atoms with E-state index in [1.54, 1.807) is 6.08 Å². The van der Waals surface area contributed by atoms with Crippen LogP contribution in [0.2, 0.25) is 0 Å². The Morgan fingerprint density at radius 3 is 2.59 bits per heavy atom. The summed E-state index contributed by atoms with van der Waals surface area (Å²) < 4.78 is 19.2. The molecule has 9 nitrogen and oxygen atoms in total. The van der Waals surface area contributed by atoms with Gasteiger partial charge in [0.25, 0.3) is 0 Å². The standard InChI is InChI=1S/C30H37NO8/c1-14-7-17-21(18(32)8-14)16(3)23(35)24-27(10-20(33)37-12-27)26(4)5-6-28-9-15(2)22(34)19(39-28)11-31(28)30(26)25(36)29(17,24)13-38-30/h8,15-17,19,21-22,24,34H,5-7,9-13H2,1-4H3. The highest BCUT2D eigenvalue weighted by Gasteiger charge is 2.89. The first-order valence-corrected chi connectivity index (χ1v) is 14.6. The Balaban J connectivity index is 1.40. The second-order valence-corrected chi connectivity index (χ2v) is 14.4. The minimum Gasteiger partial charge on any atom is -0.465 e. The molecular weight excluding hydrogens is 502 g/mol. The van der Waals surface area contributed by atoms with Crippen LogP contribution < -0.4 is 0 Å². The van der Waals surface area contributed by atoms with Crippen molar-refractivity contribution in [2.75, 3.05) is 19.8 Å². The number of carbonyl (C=O) groups is 4. The van der Waals surface area contributed by atoms with E-state index in [9.17, 15) is 19.5 Å². The van der Waals surface area contributed by atoms with Crippen LogP contribution in [0.15, 0.2) is 11.6 Å². The lowest BCUT2D eigenvalue weighted by Crippen LogP contribution is -2.82. The lowest BCUT2D eigenvalue weighted by molar-refractivity contribution is -0.317. The fourth-order valence-corrected chi connectivity index (χ4v) is 11.3. The summed E-state index contributed by atoms with van der Waals surface area (Å²) in [6.45, 7) is 8.23. The van der Waals surface area contributed by atoms with Gasteiger partial charge in [-0.15, -0.1) is 0 Å². The molecule has 0 radical (unpaired) electrons. The number of hydrogen-bond donors (Lipinski definition) is 1. The molecule has 5 aliphatic heterocycles. The maximum Gasteiger partial charge on any atom is 0.306 e. The first-order valence-electron chi connectivity index (χ1n) is 14.6. The third-order valence-electron chi connectivity index (χ3n) is 13.0. The maximum absolute atomic E-state index is 15.4. The van der Waals surface area contributed by atoms with Gasteiger partial charge in [0.2, 0.25) is 0 Å². The zero-order valence-electron chi connectivity index (χ0n) is 23.0. The fraction of sp³-hybridized carbons (Fsp3) is 0.800. The average Bonchev–Trinajstić information content (AvgIpc) is 3.51. The van der Waals surface area contributed by atoms with E-state index < -0.39 is 57.7 Å². The topological polar surface area (TPSA) is 119 Å². The first-order chi connectivity index (χ1) is 18.4. The van der Waals surface area contributed by atoms with Crippen LogP contribution >= 0.6 is 0 Å². The third kappa shape index (κ3) is 2.36. The molecule has 210 valence electrons. The van der Waals surface area contributed by atoms with Gasteiger partial charge in [0, 0.05) is 35.1 Å². The summed E-state index contributed by atoms with van der Waals surface area (Å²) in [6.07, 6.45) is 2.84. The van der Waals surface area contributed by atoms with E-state index in [4.69, 9.17) is 14.2 Å². The summed E-state index contributed by atoms with van der Waals surface area (Å²) in [6, 6.07) is 0. The molecule has 0 aromatic heterocycles. The molecule has 39 heavy (non-hydrogen) atoms. The smallest absolute Gasteiger partial charge is 0.306 e. The molecular formula is C30H37NO8. The summed E-state index contributed by atoms with van der Waals surface area (Å²) >= 11 is 0. The molecule has 1 N–H and O–H groups in total. The van der Waals surface area contributed by atoms with E-state index in [0.717, 1.165) is 5.57 Å². The molecule has 3 aliphatic carbocycles. The summed E-state index contributed by atoms with van der Waals surface area (Å²) in [7, 11) is 0. The van der Waals surface area contributed by atoms with Crippen LogP contribution in [0.3, 0.4) is 0 Å². The second-order valence-electron chi connectivity index (χ2n) is 14.4. The van der Waals surface area contributed by atoms with Gasteiger partial charge in [-0.1, -0.05) is 26.3 Å². The minimum absolute atomic E-state index is 0.00750. The third-order valence-corrected chi connectivity index (χ3v) is 13.0. The van der Waals surface area contributed by atoms with Crippen LogP contribution in [0, 0.1) is 45.8 Å². The number of cyclic esters (lactones) is 1.